The molecule has 2 aromatic heterocycles. The molecule has 3 rings (SSSR count). The van der Waals surface area contributed by atoms with Crippen molar-refractivity contribution in [3.63, 3.8) is 0 Å². The Hall–Kier alpha value is -2.56. The van der Waals surface area contributed by atoms with Gasteiger partial charge in [0.05, 0.1) is 11.4 Å². The zero-order valence-electron chi connectivity index (χ0n) is 19.9. The van der Waals surface area contributed by atoms with Gasteiger partial charge in [-0.2, -0.15) is 49.1 Å². The van der Waals surface area contributed by atoms with Crippen molar-refractivity contribution in [2.75, 3.05) is 0 Å². The van der Waals surface area contributed by atoms with E-state index in [2.05, 4.69) is 28.9 Å². The molecule has 2 heterocycles. The number of aryl methyl sites for hydroxylation is 1. The van der Waals surface area contributed by atoms with Crippen LogP contribution in [0.4, 0.5) is 13.2 Å². The van der Waals surface area contributed by atoms with Gasteiger partial charge in [-0.1, -0.05) is 39.8 Å². The van der Waals surface area contributed by atoms with Crippen LogP contribution in [0.15, 0.2) is 73.1 Å². The molecule has 196 valence electrons. The third-order valence-corrected chi connectivity index (χ3v) is 3.70. The maximum absolute atomic E-state index is 10.7. The van der Waals surface area contributed by atoms with Crippen LogP contribution < -0.4 is 0 Å². The number of aromatic nitrogens is 2. The SMILES string of the molecule is Cc1cc[c-]cc1.O=S(=O)([O-])C(F)(F)F.[C-]#CC(C)(C)C.[CH3-].[Pd].c1ccc(-c2ccccn2)nc1. The number of benzene rings is 1. The summed E-state index contributed by atoms with van der Waals surface area (Å²) in [7, 11) is -6.09. The van der Waals surface area contributed by atoms with E-state index in [1.54, 1.807) is 12.4 Å². The second kappa shape index (κ2) is 17.8. The van der Waals surface area contributed by atoms with Crippen molar-refractivity contribution >= 4 is 10.1 Å². The van der Waals surface area contributed by atoms with Crippen LogP contribution in [0.25, 0.3) is 11.4 Å². The largest absolute Gasteiger partial charge is 0.741 e. The summed E-state index contributed by atoms with van der Waals surface area (Å²) in [5.74, 6) is 2.35. The molecule has 0 radical (unpaired) electrons. The van der Waals surface area contributed by atoms with Crippen LogP contribution in [0.1, 0.15) is 26.3 Å². The molecular weight excluding hydrogens is 572 g/mol. The van der Waals surface area contributed by atoms with Gasteiger partial charge in [-0.25, -0.2) is 8.42 Å². The van der Waals surface area contributed by atoms with E-state index in [1.807, 2.05) is 81.4 Å². The van der Waals surface area contributed by atoms with E-state index in [4.69, 9.17) is 19.4 Å². The first-order valence-corrected chi connectivity index (χ1v) is 10.8. The molecule has 10 heteroatoms. The van der Waals surface area contributed by atoms with Crippen LogP contribution in [-0.4, -0.2) is 28.4 Å². The molecular formula is C25H27F3N2O3PdS-4. The molecule has 0 N–H and O–H groups in total. The van der Waals surface area contributed by atoms with Gasteiger partial charge >= 0.3 is 5.51 Å². The van der Waals surface area contributed by atoms with E-state index in [1.165, 1.54) is 5.56 Å². The second-order valence-corrected chi connectivity index (χ2v) is 8.65. The number of halogens is 3. The normalized spacial score (nSPS) is 10.0. The minimum absolute atomic E-state index is 0. The van der Waals surface area contributed by atoms with Crippen molar-refractivity contribution in [3.05, 3.63) is 98.5 Å². The molecule has 0 saturated heterocycles. The Morgan fingerprint density at radius 1 is 0.914 bits per heavy atom. The van der Waals surface area contributed by atoms with E-state index in [-0.39, 0.29) is 33.3 Å². The topological polar surface area (TPSA) is 83.0 Å². The first kappa shape index (κ1) is 37.0. The number of rotatable bonds is 1. The van der Waals surface area contributed by atoms with E-state index in [0.29, 0.717) is 0 Å². The van der Waals surface area contributed by atoms with Crippen molar-refractivity contribution in [1.29, 1.82) is 0 Å². The Morgan fingerprint density at radius 2 is 1.26 bits per heavy atom. The predicted octanol–water partition coefficient (Wildman–Crippen LogP) is 6.06. The van der Waals surface area contributed by atoms with Crippen molar-refractivity contribution in [1.82, 2.24) is 9.97 Å². The minimum Gasteiger partial charge on any atom is -0.741 e. The molecule has 0 aliphatic heterocycles. The van der Waals surface area contributed by atoms with Crippen LogP contribution in [0.5, 0.6) is 0 Å². The van der Waals surface area contributed by atoms with E-state index < -0.39 is 15.6 Å². The van der Waals surface area contributed by atoms with Gasteiger partial charge in [0.2, 0.25) is 0 Å². The summed E-state index contributed by atoms with van der Waals surface area (Å²) in [6, 6.07) is 22.4. The molecule has 1 aromatic carbocycles. The van der Waals surface area contributed by atoms with Gasteiger partial charge in [-0.3, -0.25) is 9.97 Å². The van der Waals surface area contributed by atoms with Crippen LogP contribution in [0.2, 0.25) is 0 Å². The number of hydrogen-bond acceptors (Lipinski definition) is 5. The Kier molecular flexibility index (Phi) is 18.8. The summed E-state index contributed by atoms with van der Waals surface area (Å²) in [6.07, 6.45) is 10.1. The van der Waals surface area contributed by atoms with E-state index in [0.717, 1.165) is 11.4 Å². The van der Waals surface area contributed by atoms with Gasteiger partial charge in [-0.15, -0.1) is 0 Å². The summed E-state index contributed by atoms with van der Waals surface area (Å²) in [6.45, 7) is 7.90. The molecule has 5 nitrogen and oxygen atoms in total. The Bertz CT molecular complexity index is 1030. The summed E-state index contributed by atoms with van der Waals surface area (Å²) < 4.78 is 58.9. The Labute approximate surface area is 220 Å². The standard InChI is InChI=1S/C10H8N2.C7H7.C6H9.CHF3O3S.CH3.Pd/c1-3-7-11-9(5-1)10-6-2-4-8-12-10;1-7-5-3-2-4-6-7;1-5-6(2,3)4;2-1(3,4)8(5,6)7;;/h1-8H;3-6H,1H3;2-4H3;(H,5,6,7);1H3;/q;2*-1;;-1;/p-1. The maximum Gasteiger partial charge on any atom is 0.485 e. The van der Waals surface area contributed by atoms with Gasteiger partial charge in [0, 0.05) is 32.8 Å². The summed E-state index contributed by atoms with van der Waals surface area (Å²) in [5, 5.41) is 0. The Morgan fingerprint density at radius 3 is 1.43 bits per heavy atom. The molecule has 0 bridgehead atoms. The zero-order valence-corrected chi connectivity index (χ0v) is 22.3. The first-order valence-electron chi connectivity index (χ1n) is 9.38. The second-order valence-electron chi connectivity index (χ2n) is 7.28. The smallest absolute Gasteiger partial charge is 0.485 e. The fourth-order valence-corrected chi connectivity index (χ4v) is 1.50. The number of alkyl halides is 3. The molecule has 0 unspecified atom stereocenters. The average molecular weight is 599 g/mol. The third-order valence-electron chi connectivity index (χ3n) is 3.14. The average Bonchev–Trinajstić information content (AvgIpc) is 2.75. The van der Waals surface area contributed by atoms with E-state index in [9.17, 15) is 13.2 Å². The minimum atomic E-state index is -6.09. The maximum atomic E-state index is 10.7. The summed E-state index contributed by atoms with van der Waals surface area (Å²) in [5.41, 5.74) is -2.57. The van der Waals surface area contributed by atoms with Crippen LogP contribution in [-0.2, 0) is 30.5 Å². The molecule has 0 amide bonds. The van der Waals surface area contributed by atoms with Crippen LogP contribution in [0, 0.1) is 38.2 Å². The van der Waals surface area contributed by atoms with Crippen LogP contribution >= 0.6 is 0 Å². The number of nitrogens with zero attached hydrogens (tertiary/aromatic N) is 2. The van der Waals surface area contributed by atoms with Gasteiger partial charge < -0.3 is 24.3 Å². The molecule has 35 heavy (non-hydrogen) atoms. The van der Waals surface area contributed by atoms with Crippen molar-refractivity contribution in [2.45, 2.75) is 33.2 Å². The van der Waals surface area contributed by atoms with Crippen LogP contribution in [0.3, 0.4) is 0 Å². The first-order chi connectivity index (χ1) is 15.2. The fourth-order valence-electron chi connectivity index (χ4n) is 1.50. The summed E-state index contributed by atoms with van der Waals surface area (Å²) >= 11 is 0. The predicted molar refractivity (Wildman–Crippen MR) is 126 cm³/mol. The summed E-state index contributed by atoms with van der Waals surface area (Å²) in [4.78, 5) is 8.37. The molecule has 0 aliphatic carbocycles. The number of hydrogen-bond donors (Lipinski definition) is 0. The molecule has 0 spiro atoms. The third kappa shape index (κ3) is 19.4. The van der Waals surface area contributed by atoms with Gasteiger partial charge in [0.1, 0.15) is 0 Å². The molecule has 0 fully saturated rings. The monoisotopic (exact) mass is 598 g/mol. The molecule has 3 aromatic rings. The van der Waals surface area contributed by atoms with E-state index >= 15 is 0 Å². The molecule has 0 aliphatic rings. The molecule has 0 atom stereocenters. The quantitative estimate of drug-likeness (QED) is 0.112. The van der Waals surface area contributed by atoms with Crippen molar-refractivity contribution in [2.24, 2.45) is 5.41 Å². The fraction of sp³-hybridized carbons (Fsp3) is 0.240. The van der Waals surface area contributed by atoms with Gasteiger partial charge in [0.25, 0.3) is 0 Å². The van der Waals surface area contributed by atoms with Gasteiger partial charge in [0.15, 0.2) is 10.1 Å². The Balaban J connectivity index is -0.000000399. The zero-order chi connectivity index (χ0) is 25.5. The molecule has 0 saturated carbocycles. The van der Waals surface area contributed by atoms with Gasteiger partial charge in [-0.05, 0) is 29.7 Å². The van der Waals surface area contributed by atoms with Crippen molar-refractivity contribution < 1.29 is 46.6 Å². The number of pyridine rings is 2. The van der Waals surface area contributed by atoms with Crippen molar-refractivity contribution in [3.8, 4) is 17.3 Å².